The molecule has 0 saturated carbocycles. The van der Waals surface area contributed by atoms with Crippen LogP contribution >= 0.6 is 24.0 Å². The lowest BCUT2D eigenvalue weighted by Crippen LogP contribution is -2.33. The van der Waals surface area contributed by atoms with Crippen molar-refractivity contribution in [3.8, 4) is 0 Å². The Morgan fingerprint density at radius 3 is 2.19 bits per heavy atom. The smallest absolute Gasteiger partial charge is 0.188 e. The number of ether oxygens (including phenoxy) is 2. The van der Waals surface area contributed by atoms with Crippen molar-refractivity contribution in [2.24, 2.45) is 10.7 Å². The Balaban J connectivity index is 0.00000364. The average molecular weight is 483 g/mol. The van der Waals surface area contributed by atoms with Crippen LogP contribution in [0.1, 0.15) is 17.5 Å². The quantitative estimate of drug-likeness (QED) is 0.210. The third-order valence-electron chi connectivity index (χ3n) is 3.78. The zero-order valence-electron chi connectivity index (χ0n) is 15.7. The van der Waals surface area contributed by atoms with Crippen molar-refractivity contribution in [3.05, 3.63) is 71.8 Å². The Bertz CT molecular complexity index is 624. The number of nitrogens with two attached hydrogens (primary N) is 1. The number of nitrogens with one attached hydrogen (secondary N) is 1. The summed E-state index contributed by atoms with van der Waals surface area (Å²) in [6.07, 6.45) is 1.78. The molecule has 0 atom stereocenters. The molecule has 0 heterocycles. The van der Waals surface area contributed by atoms with Gasteiger partial charge >= 0.3 is 0 Å². The molecule has 0 amide bonds. The lowest BCUT2D eigenvalue weighted by molar-refractivity contribution is 0.0403. The molecule has 0 bridgehead atoms. The number of hydrogen-bond acceptors (Lipinski definition) is 3. The van der Waals surface area contributed by atoms with Crippen LogP contribution in [0.15, 0.2) is 65.7 Å². The van der Waals surface area contributed by atoms with Gasteiger partial charge in [0.2, 0.25) is 0 Å². The van der Waals surface area contributed by atoms with Gasteiger partial charge in [-0.15, -0.1) is 24.0 Å². The molecule has 6 heteroatoms. The van der Waals surface area contributed by atoms with Gasteiger partial charge in [0.15, 0.2) is 5.96 Å². The highest BCUT2D eigenvalue weighted by Crippen LogP contribution is 2.00. The summed E-state index contributed by atoms with van der Waals surface area (Å²) in [7, 11) is 0. The molecule has 148 valence electrons. The highest BCUT2D eigenvalue weighted by atomic mass is 127. The monoisotopic (exact) mass is 483 g/mol. The molecular weight excluding hydrogens is 453 g/mol. The van der Waals surface area contributed by atoms with Gasteiger partial charge in [0, 0.05) is 19.7 Å². The van der Waals surface area contributed by atoms with Crippen LogP contribution in [0.25, 0.3) is 0 Å². The first kappa shape index (κ1) is 23.4. The molecule has 0 aliphatic heterocycles. The molecule has 3 N–H and O–H groups in total. The first-order valence-electron chi connectivity index (χ1n) is 9.12. The molecule has 0 radical (unpaired) electrons. The Morgan fingerprint density at radius 2 is 1.48 bits per heavy atom. The maximum atomic E-state index is 5.85. The van der Waals surface area contributed by atoms with Crippen molar-refractivity contribution in [2.45, 2.75) is 19.4 Å². The molecule has 0 aliphatic rings. The number of benzene rings is 2. The minimum Gasteiger partial charge on any atom is -0.379 e. The number of guanidine groups is 1. The fraction of sp³-hybridized carbons (Fsp3) is 0.381. The van der Waals surface area contributed by atoms with Gasteiger partial charge in [-0.05, 0) is 24.0 Å². The van der Waals surface area contributed by atoms with E-state index < -0.39 is 0 Å². The predicted octanol–water partition coefficient (Wildman–Crippen LogP) is 3.37. The number of hydrogen-bond donors (Lipinski definition) is 2. The van der Waals surface area contributed by atoms with Crippen molar-refractivity contribution in [1.29, 1.82) is 0 Å². The van der Waals surface area contributed by atoms with Crippen LogP contribution in [0.2, 0.25) is 0 Å². The molecule has 0 aromatic heterocycles. The van der Waals surface area contributed by atoms with E-state index >= 15 is 0 Å². The lowest BCUT2D eigenvalue weighted by Gasteiger charge is -2.07. The predicted molar refractivity (Wildman–Crippen MR) is 122 cm³/mol. The summed E-state index contributed by atoms with van der Waals surface area (Å²) >= 11 is 0. The highest BCUT2D eigenvalue weighted by molar-refractivity contribution is 14.0. The van der Waals surface area contributed by atoms with Crippen LogP contribution in [0, 0.1) is 0 Å². The number of halogens is 1. The normalized spacial score (nSPS) is 11.0. The van der Waals surface area contributed by atoms with Crippen LogP contribution in [0.3, 0.4) is 0 Å². The number of rotatable bonds is 12. The van der Waals surface area contributed by atoms with Gasteiger partial charge in [0.05, 0.1) is 19.8 Å². The van der Waals surface area contributed by atoms with Crippen molar-refractivity contribution in [2.75, 3.05) is 32.9 Å². The molecule has 0 fully saturated rings. The van der Waals surface area contributed by atoms with Crippen molar-refractivity contribution >= 4 is 29.9 Å². The summed E-state index contributed by atoms with van der Waals surface area (Å²) in [6, 6.07) is 20.4. The third kappa shape index (κ3) is 11.6. The summed E-state index contributed by atoms with van der Waals surface area (Å²) in [4.78, 5) is 4.30. The number of nitrogens with zero attached hydrogens (tertiary/aromatic N) is 1. The first-order valence-corrected chi connectivity index (χ1v) is 9.12. The van der Waals surface area contributed by atoms with Gasteiger partial charge < -0.3 is 20.5 Å². The van der Waals surface area contributed by atoms with Gasteiger partial charge in [-0.25, -0.2) is 0 Å². The maximum Gasteiger partial charge on any atom is 0.188 e. The van der Waals surface area contributed by atoms with E-state index in [9.17, 15) is 0 Å². The molecule has 0 spiro atoms. The van der Waals surface area contributed by atoms with E-state index in [0.29, 0.717) is 38.9 Å². The Labute approximate surface area is 179 Å². The molecule has 27 heavy (non-hydrogen) atoms. The van der Waals surface area contributed by atoms with Gasteiger partial charge in [0.25, 0.3) is 0 Å². The van der Waals surface area contributed by atoms with Gasteiger partial charge in [-0.3, -0.25) is 4.99 Å². The molecule has 5 nitrogen and oxygen atoms in total. The molecule has 2 aromatic rings. The first-order chi connectivity index (χ1) is 12.8. The van der Waals surface area contributed by atoms with Gasteiger partial charge in [-0.2, -0.15) is 0 Å². The second-order valence-electron chi connectivity index (χ2n) is 5.93. The minimum absolute atomic E-state index is 0. The fourth-order valence-electron chi connectivity index (χ4n) is 2.39. The zero-order valence-corrected chi connectivity index (χ0v) is 18.0. The SMILES string of the molecule is I.NC(=NCCCOCCOCc1ccccc1)NCCc1ccccc1. The molecule has 0 saturated heterocycles. The Morgan fingerprint density at radius 1 is 0.852 bits per heavy atom. The average Bonchev–Trinajstić information content (AvgIpc) is 2.68. The highest BCUT2D eigenvalue weighted by Gasteiger charge is 1.95. The van der Waals surface area contributed by atoms with E-state index in [1.807, 2.05) is 36.4 Å². The summed E-state index contributed by atoms with van der Waals surface area (Å²) in [5.74, 6) is 0.493. The van der Waals surface area contributed by atoms with Crippen molar-refractivity contribution in [3.63, 3.8) is 0 Å². The topological polar surface area (TPSA) is 68.9 Å². The van der Waals surface area contributed by atoms with E-state index in [-0.39, 0.29) is 24.0 Å². The molecule has 0 unspecified atom stereocenters. The van der Waals surface area contributed by atoms with E-state index in [1.165, 1.54) is 11.1 Å². The summed E-state index contributed by atoms with van der Waals surface area (Å²) < 4.78 is 11.1. The van der Waals surface area contributed by atoms with E-state index in [0.717, 1.165) is 19.4 Å². The van der Waals surface area contributed by atoms with Crippen molar-refractivity contribution < 1.29 is 9.47 Å². The van der Waals surface area contributed by atoms with E-state index in [2.05, 4.69) is 34.6 Å². The molecule has 0 aliphatic carbocycles. The minimum atomic E-state index is 0. The van der Waals surface area contributed by atoms with Crippen LogP contribution in [-0.4, -0.2) is 38.9 Å². The Kier molecular flexibility index (Phi) is 13.4. The molecular formula is C21H30IN3O2. The summed E-state index contributed by atoms with van der Waals surface area (Å²) in [6.45, 7) is 3.93. The van der Waals surface area contributed by atoms with Crippen LogP contribution in [-0.2, 0) is 22.5 Å². The molecule has 2 rings (SSSR count). The maximum absolute atomic E-state index is 5.85. The Hall–Kier alpha value is -1.64. The van der Waals surface area contributed by atoms with Crippen LogP contribution < -0.4 is 11.1 Å². The van der Waals surface area contributed by atoms with Gasteiger partial charge in [-0.1, -0.05) is 60.7 Å². The van der Waals surface area contributed by atoms with E-state index in [1.54, 1.807) is 0 Å². The fourth-order valence-corrected chi connectivity index (χ4v) is 2.39. The third-order valence-corrected chi connectivity index (χ3v) is 3.78. The zero-order chi connectivity index (χ0) is 18.3. The standard InChI is InChI=1S/C21H29N3O2.HI/c22-21(24-14-12-19-8-3-1-4-9-19)23-13-7-15-25-16-17-26-18-20-10-5-2-6-11-20;/h1-6,8-11H,7,12-18H2,(H3,22,23,24);1H. The van der Waals surface area contributed by atoms with E-state index in [4.69, 9.17) is 15.2 Å². The second kappa shape index (κ2) is 15.4. The molecule has 2 aromatic carbocycles. The lowest BCUT2D eigenvalue weighted by atomic mass is 10.1. The van der Waals surface area contributed by atoms with Crippen molar-refractivity contribution in [1.82, 2.24) is 5.32 Å². The second-order valence-corrected chi connectivity index (χ2v) is 5.93. The largest absolute Gasteiger partial charge is 0.379 e. The van der Waals surface area contributed by atoms with Gasteiger partial charge in [0.1, 0.15) is 0 Å². The summed E-state index contributed by atoms with van der Waals surface area (Å²) in [5.41, 5.74) is 8.32. The van der Waals surface area contributed by atoms with Crippen LogP contribution in [0.4, 0.5) is 0 Å². The van der Waals surface area contributed by atoms with Crippen LogP contribution in [0.5, 0.6) is 0 Å². The number of aliphatic imine (C=N–C) groups is 1. The summed E-state index contributed by atoms with van der Waals surface area (Å²) in [5, 5.41) is 3.13.